The first-order valence-corrected chi connectivity index (χ1v) is 6.61. The molecule has 2 aromatic heterocycles. The van der Waals surface area contributed by atoms with Crippen molar-refractivity contribution in [3.63, 3.8) is 0 Å². The van der Waals surface area contributed by atoms with E-state index in [1.165, 1.54) is 0 Å². The van der Waals surface area contributed by atoms with Gasteiger partial charge in [-0.2, -0.15) is 0 Å². The average molecular weight is 265 g/mol. The van der Waals surface area contributed by atoms with E-state index in [4.69, 9.17) is 11.6 Å². The van der Waals surface area contributed by atoms with Gasteiger partial charge in [0.15, 0.2) is 0 Å². The van der Waals surface area contributed by atoms with Crippen molar-refractivity contribution in [2.75, 3.05) is 0 Å². The van der Waals surface area contributed by atoms with E-state index in [1.807, 2.05) is 24.5 Å². The van der Waals surface area contributed by atoms with Crippen LogP contribution in [0.4, 0.5) is 0 Å². The molecule has 0 unspecified atom stereocenters. The number of hydrogen-bond acceptors (Lipinski definition) is 3. The van der Waals surface area contributed by atoms with Crippen molar-refractivity contribution >= 4 is 28.6 Å². The highest BCUT2D eigenvalue weighted by Crippen LogP contribution is 2.41. The molecule has 1 aliphatic rings. The predicted molar refractivity (Wildman–Crippen MR) is 68.3 cm³/mol. The molecule has 0 radical (unpaired) electrons. The maximum absolute atomic E-state index is 11.2. The molecule has 0 saturated carbocycles. The topological polar surface area (TPSA) is 34.9 Å². The van der Waals surface area contributed by atoms with Gasteiger partial charge < -0.3 is 4.57 Å². The molecular formula is C12H9ClN2OS. The number of pyridine rings is 1. The normalized spacial score (nSPS) is 18.1. The van der Waals surface area contributed by atoms with Crippen LogP contribution in [0.15, 0.2) is 36.8 Å². The summed E-state index contributed by atoms with van der Waals surface area (Å²) in [5, 5.41) is -0.186. The van der Waals surface area contributed by atoms with E-state index in [9.17, 15) is 4.79 Å². The summed E-state index contributed by atoms with van der Waals surface area (Å²) in [4.78, 5) is 15.4. The second-order valence-corrected chi connectivity index (χ2v) is 5.22. The van der Waals surface area contributed by atoms with Gasteiger partial charge in [0.1, 0.15) is 5.37 Å². The van der Waals surface area contributed by atoms with Gasteiger partial charge in [0, 0.05) is 35.6 Å². The van der Waals surface area contributed by atoms with Crippen LogP contribution >= 0.6 is 23.4 Å². The zero-order valence-electron chi connectivity index (χ0n) is 8.84. The monoisotopic (exact) mass is 264 g/mol. The van der Waals surface area contributed by atoms with E-state index in [0.29, 0.717) is 5.56 Å². The molecule has 3 nitrogen and oxygen atoms in total. The fraction of sp³-hybridized carbons (Fsp3) is 0.167. The average Bonchev–Trinajstić information content (AvgIpc) is 2.89. The standard InChI is InChI=1S/C12H9ClN2OS/c13-11(16)9-3-5-15-10(9)7-17-12(15)8-2-1-4-14-6-8/h1-6,12H,7H2/t12-/m1/s1. The van der Waals surface area contributed by atoms with Crippen LogP contribution in [0.1, 0.15) is 27.0 Å². The Hall–Kier alpha value is -1.26. The van der Waals surface area contributed by atoms with E-state index in [0.717, 1.165) is 17.0 Å². The Labute approximate surface area is 108 Å². The summed E-state index contributed by atoms with van der Waals surface area (Å²) >= 11 is 7.32. The zero-order valence-corrected chi connectivity index (χ0v) is 10.4. The molecule has 0 aromatic carbocycles. The maximum atomic E-state index is 11.2. The fourth-order valence-electron chi connectivity index (χ4n) is 2.05. The van der Waals surface area contributed by atoms with E-state index in [-0.39, 0.29) is 10.6 Å². The smallest absolute Gasteiger partial charge is 0.254 e. The molecule has 0 fully saturated rings. The van der Waals surface area contributed by atoms with Crippen molar-refractivity contribution in [2.24, 2.45) is 0 Å². The van der Waals surface area contributed by atoms with Gasteiger partial charge in [-0.1, -0.05) is 6.07 Å². The minimum Gasteiger partial charge on any atom is -0.333 e. The van der Waals surface area contributed by atoms with Crippen LogP contribution in [0.25, 0.3) is 0 Å². The molecule has 86 valence electrons. The van der Waals surface area contributed by atoms with Gasteiger partial charge in [0.25, 0.3) is 5.24 Å². The van der Waals surface area contributed by atoms with Crippen LogP contribution in [-0.2, 0) is 5.75 Å². The van der Waals surface area contributed by atoms with Crippen molar-refractivity contribution in [1.82, 2.24) is 9.55 Å². The summed E-state index contributed by atoms with van der Waals surface area (Å²) in [5.74, 6) is 0.806. The third-order valence-electron chi connectivity index (χ3n) is 2.84. The molecular weight excluding hydrogens is 256 g/mol. The Bertz CT molecular complexity index is 567. The highest BCUT2D eigenvalue weighted by atomic mass is 35.5. The molecule has 0 spiro atoms. The predicted octanol–water partition coefficient (Wildman–Crippen LogP) is 3.06. The van der Waals surface area contributed by atoms with Crippen molar-refractivity contribution in [1.29, 1.82) is 0 Å². The number of rotatable bonds is 2. The van der Waals surface area contributed by atoms with Gasteiger partial charge in [0.05, 0.1) is 5.56 Å². The number of thioether (sulfide) groups is 1. The van der Waals surface area contributed by atoms with Crippen LogP contribution in [0, 0.1) is 0 Å². The number of hydrogen-bond donors (Lipinski definition) is 0. The van der Waals surface area contributed by atoms with Gasteiger partial charge in [-0.15, -0.1) is 11.8 Å². The first-order chi connectivity index (χ1) is 8.27. The molecule has 0 aliphatic carbocycles. The van der Waals surface area contributed by atoms with Crippen molar-refractivity contribution < 1.29 is 4.79 Å². The quantitative estimate of drug-likeness (QED) is 0.782. The van der Waals surface area contributed by atoms with Crippen LogP contribution < -0.4 is 0 Å². The lowest BCUT2D eigenvalue weighted by atomic mass is 10.2. The second-order valence-electron chi connectivity index (χ2n) is 3.81. The molecule has 3 rings (SSSR count). The van der Waals surface area contributed by atoms with Gasteiger partial charge >= 0.3 is 0 Å². The molecule has 0 amide bonds. The molecule has 1 atom stereocenters. The van der Waals surface area contributed by atoms with Crippen LogP contribution in [0.3, 0.4) is 0 Å². The Morgan fingerprint density at radius 3 is 3.12 bits per heavy atom. The molecule has 1 aliphatic heterocycles. The number of halogens is 1. The van der Waals surface area contributed by atoms with Gasteiger partial charge in [-0.05, 0) is 23.7 Å². The highest BCUT2D eigenvalue weighted by molar-refractivity contribution is 7.99. The van der Waals surface area contributed by atoms with E-state index in [2.05, 4.69) is 9.55 Å². The van der Waals surface area contributed by atoms with Gasteiger partial charge in [-0.25, -0.2) is 0 Å². The Balaban J connectivity index is 2.03. The highest BCUT2D eigenvalue weighted by Gasteiger charge is 2.27. The van der Waals surface area contributed by atoms with Crippen LogP contribution in [-0.4, -0.2) is 14.8 Å². The zero-order chi connectivity index (χ0) is 11.8. The van der Waals surface area contributed by atoms with Crippen LogP contribution in [0.2, 0.25) is 0 Å². The minimum atomic E-state index is -0.383. The molecule has 17 heavy (non-hydrogen) atoms. The molecule has 3 heterocycles. The summed E-state index contributed by atoms with van der Waals surface area (Å²) in [6.07, 6.45) is 5.53. The molecule has 0 N–H and O–H groups in total. The molecule has 5 heteroatoms. The minimum absolute atomic E-state index is 0.198. The lowest BCUT2D eigenvalue weighted by Gasteiger charge is -2.11. The summed E-state index contributed by atoms with van der Waals surface area (Å²) in [5.41, 5.74) is 2.76. The Kier molecular flexibility index (Phi) is 2.68. The maximum Gasteiger partial charge on any atom is 0.254 e. The van der Waals surface area contributed by atoms with Crippen molar-refractivity contribution in [2.45, 2.75) is 11.1 Å². The summed E-state index contributed by atoms with van der Waals surface area (Å²) in [7, 11) is 0. The third kappa shape index (κ3) is 1.77. The Morgan fingerprint density at radius 2 is 2.41 bits per heavy atom. The summed E-state index contributed by atoms with van der Waals surface area (Å²) < 4.78 is 2.09. The number of carbonyl (C=O) groups is 1. The molecule has 0 saturated heterocycles. The number of aromatic nitrogens is 2. The van der Waals surface area contributed by atoms with Gasteiger partial charge in [-0.3, -0.25) is 9.78 Å². The lowest BCUT2D eigenvalue weighted by Crippen LogP contribution is -2.02. The first kappa shape index (κ1) is 10.9. The SMILES string of the molecule is O=C(Cl)c1ccn2c1CS[C@@H]2c1cccnc1. The number of carbonyl (C=O) groups excluding carboxylic acids is 1. The van der Waals surface area contributed by atoms with E-state index in [1.54, 1.807) is 24.0 Å². The Morgan fingerprint density at radius 1 is 1.53 bits per heavy atom. The lowest BCUT2D eigenvalue weighted by molar-refractivity contribution is 0.108. The van der Waals surface area contributed by atoms with E-state index < -0.39 is 0 Å². The molecule has 0 bridgehead atoms. The van der Waals surface area contributed by atoms with Gasteiger partial charge in [0.2, 0.25) is 0 Å². The summed E-state index contributed by atoms with van der Waals surface area (Å²) in [6, 6.07) is 5.75. The molecule has 2 aromatic rings. The largest absolute Gasteiger partial charge is 0.333 e. The van der Waals surface area contributed by atoms with Crippen LogP contribution in [0.5, 0.6) is 0 Å². The number of fused-ring (bicyclic) bond motifs is 1. The van der Waals surface area contributed by atoms with E-state index >= 15 is 0 Å². The van der Waals surface area contributed by atoms with Crippen molar-refractivity contribution in [3.05, 3.63) is 53.6 Å². The second kappa shape index (κ2) is 4.20. The summed E-state index contributed by atoms with van der Waals surface area (Å²) in [6.45, 7) is 0. The van der Waals surface area contributed by atoms with Crippen molar-refractivity contribution in [3.8, 4) is 0 Å². The number of nitrogens with zero attached hydrogens (tertiary/aromatic N) is 2. The fourth-order valence-corrected chi connectivity index (χ4v) is 3.53. The third-order valence-corrected chi connectivity index (χ3v) is 4.30. The first-order valence-electron chi connectivity index (χ1n) is 5.18.